The van der Waals surface area contributed by atoms with Gasteiger partial charge in [0.1, 0.15) is 12.0 Å². The first-order valence-electron chi connectivity index (χ1n) is 5.98. The van der Waals surface area contributed by atoms with Gasteiger partial charge < -0.3 is 5.32 Å². The second-order valence-electron chi connectivity index (χ2n) is 4.54. The van der Waals surface area contributed by atoms with Crippen LogP contribution in [0.1, 0.15) is 24.8 Å². The largest absolute Gasteiger partial charge is 0.362 e. The summed E-state index contributed by atoms with van der Waals surface area (Å²) >= 11 is 1.69. The summed E-state index contributed by atoms with van der Waals surface area (Å²) in [7, 11) is 0. The SMILES string of the molecule is CC(C)C(Nc1ccc([N+](=O)[O-])cn1)c1cccs1. The predicted molar refractivity (Wildman–Crippen MR) is 76.4 cm³/mol. The van der Waals surface area contributed by atoms with Gasteiger partial charge in [-0.1, -0.05) is 19.9 Å². The number of nitrogens with one attached hydrogen (secondary N) is 1. The van der Waals surface area contributed by atoms with Crippen molar-refractivity contribution in [2.75, 3.05) is 5.32 Å². The Hall–Kier alpha value is -1.95. The van der Waals surface area contributed by atoms with Crippen LogP contribution in [0.15, 0.2) is 35.8 Å². The highest BCUT2D eigenvalue weighted by atomic mass is 32.1. The van der Waals surface area contributed by atoms with Gasteiger partial charge in [0.15, 0.2) is 0 Å². The molecule has 100 valence electrons. The quantitative estimate of drug-likeness (QED) is 0.665. The zero-order valence-electron chi connectivity index (χ0n) is 10.7. The molecule has 0 amide bonds. The average Bonchev–Trinajstić information content (AvgIpc) is 2.89. The summed E-state index contributed by atoms with van der Waals surface area (Å²) in [6, 6.07) is 7.35. The van der Waals surface area contributed by atoms with Crippen LogP contribution in [0.2, 0.25) is 0 Å². The van der Waals surface area contributed by atoms with Gasteiger partial charge in [0, 0.05) is 10.9 Å². The lowest BCUT2D eigenvalue weighted by Crippen LogP contribution is -2.16. The number of hydrogen-bond acceptors (Lipinski definition) is 5. The molecule has 5 nitrogen and oxygen atoms in total. The summed E-state index contributed by atoms with van der Waals surface area (Å²) in [5.74, 6) is 1.05. The molecule has 1 atom stereocenters. The third-order valence-electron chi connectivity index (χ3n) is 2.78. The molecule has 0 radical (unpaired) electrons. The van der Waals surface area contributed by atoms with Crippen molar-refractivity contribution in [1.82, 2.24) is 4.98 Å². The predicted octanol–water partition coefficient (Wildman–Crippen LogP) is 3.86. The molecule has 2 rings (SSSR count). The molecule has 0 aliphatic heterocycles. The van der Waals surface area contributed by atoms with Crippen molar-refractivity contribution >= 4 is 22.8 Å². The number of nitro groups is 1. The van der Waals surface area contributed by atoms with Crippen molar-refractivity contribution in [3.8, 4) is 0 Å². The van der Waals surface area contributed by atoms with Crippen molar-refractivity contribution in [3.05, 3.63) is 50.8 Å². The normalized spacial score (nSPS) is 12.4. The number of pyridine rings is 1. The maximum Gasteiger partial charge on any atom is 0.287 e. The molecule has 0 saturated heterocycles. The van der Waals surface area contributed by atoms with Crippen LogP contribution in [0.4, 0.5) is 11.5 Å². The lowest BCUT2D eigenvalue weighted by atomic mass is 10.0. The highest BCUT2D eigenvalue weighted by Gasteiger charge is 2.17. The number of aromatic nitrogens is 1. The van der Waals surface area contributed by atoms with Crippen LogP contribution in [0.25, 0.3) is 0 Å². The maximum atomic E-state index is 10.6. The summed E-state index contributed by atoms with van der Waals surface area (Å²) < 4.78 is 0. The first kappa shape index (κ1) is 13.5. The van der Waals surface area contributed by atoms with E-state index in [1.807, 2.05) is 11.4 Å². The van der Waals surface area contributed by atoms with E-state index in [2.05, 4.69) is 30.2 Å². The van der Waals surface area contributed by atoms with E-state index in [0.29, 0.717) is 11.7 Å². The second kappa shape index (κ2) is 5.79. The highest BCUT2D eigenvalue weighted by molar-refractivity contribution is 7.10. The number of rotatable bonds is 5. The Morgan fingerprint density at radius 3 is 2.63 bits per heavy atom. The van der Waals surface area contributed by atoms with Gasteiger partial charge in [0.2, 0.25) is 0 Å². The van der Waals surface area contributed by atoms with E-state index in [0.717, 1.165) is 0 Å². The summed E-state index contributed by atoms with van der Waals surface area (Å²) in [6.07, 6.45) is 1.27. The lowest BCUT2D eigenvalue weighted by molar-refractivity contribution is -0.385. The van der Waals surface area contributed by atoms with E-state index in [9.17, 15) is 10.1 Å². The van der Waals surface area contributed by atoms with E-state index < -0.39 is 4.92 Å². The monoisotopic (exact) mass is 277 g/mol. The highest BCUT2D eigenvalue weighted by Crippen LogP contribution is 2.29. The Morgan fingerprint density at radius 1 is 1.37 bits per heavy atom. The van der Waals surface area contributed by atoms with Crippen molar-refractivity contribution in [2.45, 2.75) is 19.9 Å². The Labute approximate surface area is 115 Å². The van der Waals surface area contributed by atoms with Gasteiger partial charge in [-0.15, -0.1) is 11.3 Å². The molecule has 6 heteroatoms. The minimum absolute atomic E-state index is 0.00257. The minimum atomic E-state index is -0.448. The lowest BCUT2D eigenvalue weighted by Gasteiger charge is -2.21. The molecule has 0 spiro atoms. The first-order chi connectivity index (χ1) is 9.08. The summed E-state index contributed by atoms with van der Waals surface area (Å²) in [4.78, 5) is 15.4. The zero-order valence-corrected chi connectivity index (χ0v) is 11.6. The van der Waals surface area contributed by atoms with E-state index in [4.69, 9.17) is 0 Å². The fourth-order valence-corrected chi connectivity index (χ4v) is 2.72. The van der Waals surface area contributed by atoms with Crippen LogP contribution in [-0.2, 0) is 0 Å². The van der Waals surface area contributed by atoms with Crippen LogP contribution in [0.3, 0.4) is 0 Å². The van der Waals surface area contributed by atoms with Gasteiger partial charge >= 0.3 is 0 Å². The fourth-order valence-electron chi connectivity index (χ4n) is 1.77. The van der Waals surface area contributed by atoms with Gasteiger partial charge in [-0.2, -0.15) is 0 Å². The number of anilines is 1. The molecule has 1 unspecified atom stereocenters. The van der Waals surface area contributed by atoms with Gasteiger partial charge in [-0.25, -0.2) is 4.98 Å². The number of nitrogens with zero attached hydrogens (tertiary/aromatic N) is 2. The molecule has 19 heavy (non-hydrogen) atoms. The van der Waals surface area contributed by atoms with Gasteiger partial charge in [-0.3, -0.25) is 10.1 Å². The van der Waals surface area contributed by atoms with Crippen molar-refractivity contribution < 1.29 is 4.92 Å². The molecular weight excluding hydrogens is 262 g/mol. The molecule has 2 aromatic heterocycles. The van der Waals surface area contributed by atoms with Crippen LogP contribution in [-0.4, -0.2) is 9.91 Å². The van der Waals surface area contributed by atoms with E-state index >= 15 is 0 Å². The zero-order chi connectivity index (χ0) is 13.8. The van der Waals surface area contributed by atoms with Gasteiger partial charge in [0.05, 0.1) is 11.0 Å². The Kier molecular flexibility index (Phi) is 4.11. The average molecular weight is 277 g/mol. The molecule has 0 aliphatic rings. The standard InChI is InChI=1S/C13H15N3O2S/c1-9(2)13(11-4-3-7-19-11)15-12-6-5-10(8-14-12)16(17)18/h3-9,13H,1-2H3,(H,14,15). The molecule has 1 N–H and O–H groups in total. The van der Waals surface area contributed by atoms with E-state index in [1.165, 1.54) is 17.1 Å². The van der Waals surface area contributed by atoms with E-state index in [-0.39, 0.29) is 11.7 Å². The van der Waals surface area contributed by atoms with Crippen molar-refractivity contribution in [3.63, 3.8) is 0 Å². The third-order valence-corrected chi connectivity index (χ3v) is 3.73. The maximum absolute atomic E-state index is 10.6. The molecule has 0 aromatic carbocycles. The Balaban J connectivity index is 2.16. The molecule has 0 saturated carbocycles. The van der Waals surface area contributed by atoms with Crippen molar-refractivity contribution in [1.29, 1.82) is 0 Å². The second-order valence-corrected chi connectivity index (χ2v) is 5.52. The fraction of sp³-hybridized carbons (Fsp3) is 0.308. The number of hydrogen-bond donors (Lipinski definition) is 1. The Bertz CT molecular complexity index is 538. The van der Waals surface area contributed by atoms with Crippen LogP contribution < -0.4 is 5.32 Å². The third kappa shape index (κ3) is 3.29. The van der Waals surface area contributed by atoms with Crippen LogP contribution >= 0.6 is 11.3 Å². The smallest absolute Gasteiger partial charge is 0.287 e. The van der Waals surface area contributed by atoms with Gasteiger partial charge in [0.25, 0.3) is 5.69 Å². The molecule has 2 heterocycles. The van der Waals surface area contributed by atoms with E-state index in [1.54, 1.807) is 17.4 Å². The molecule has 2 aromatic rings. The summed E-state index contributed by atoms with van der Waals surface area (Å²) in [6.45, 7) is 4.26. The molecule has 0 bridgehead atoms. The molecule has 0 fully saturated rings. The summed E-state index contributed by atoms with van der Waals surface area (Å²) in [5, 5.41) is 15.9. The summed E-state index contributed by atoms with van der Waals surface area (Å²) in [5.41, 5.74) is 0.00257. The topological polar surface area (TPSA) is 68.1 Å². The van der Waals surface area contributed by atoms with Crippen molar-refractivity contribution in [2.24, 2.45) is 5.92 Å². The Morgan fingerprint density at radius 2 is 2.16 bits per heavy atom. The van der Waals surface area contributed by atoms with Crippen LogP contribution in [0, 0.1) is 16.0 Å². The molecular formula is C13H15N3O2S. The first-order valence-corrected chi connectivity index (χ1v) is 6.86. The van der Waals surface area contributed by atoms with Gasteiger partial charge in [-0.05, 0) is 23.4 Å². The molecule has 0 aliphatic carbocycles. The van der Waals surface area contributed by atoms with Crippen LogP contribution in [0.5, 0.6) is 0 Å². The minimum Gasteiger partial charge on any atom is -0.362 e. The number of thiophene rings is 1.